The zero-order valence-electron chi connectivity index (χ0n) is 14.1. The number of hydrogen-bond donors (Lipinski definition) is 2. The van der Waals surface area contributed by atoms with E-state index in [0.29, 0.717) is 25.6 Å². The van der Waals surface area contributed by atoms with Crippen LogP contribution in [0, 0.1) is 0 Å². The Morgan fingerprint density at radius 3 is 2.92 bits per heavy atom. The summed E-state index contributed by atoms with van der Waals surface area (Å²) < 4.78 is 6.26. The number of carbonyl (C=O) groups is 1. The van der Waals surface area contributed by atoms with Crippen LogP contribution >= 0.6 is 28.3 Å². The second-order valence-corrected chi connectivity index (χ2v) is 6.79. The van der Waals surface area contributed by atoms with Gasteiger partial charge in [-0.15, -0.1) is 12.4 Å². The van der Waals surface area contributed by atoms with Crippen molar-refractivity contribution in [2.75, 3.05) is 26.7 Å². The normalized spacial score (nSPS) is 17.9. The molecule has 0 spiro atoms. The van der Waals surface area contributed by atoms with Gasteiger partial charge in [0, 0.05) is 32.1 Å². The summed E-state index contributed by atoms with van der Waals surface area (Å²) in [6.07, 6.45) is 3.96. The average molecular weight is 421 g/mol. The molecule has 1 aliphatic rings. The summed E-state index contributed by atoms with van der Waals surface area (Å²) in [5, 5.41) is 3.01. The highest BCUT2D eigenvalue weighted by Crippen LogP contribution is 2.27. The molecule has 1 aromatic carbocycles. The van der Waals surface area contributed by atoms with Gasteiger partial charge in [0.1, 0.15) is 5.75 Å². The molecule has 1 amide bonds. The molecule has 1 atom stereocenters. The van der Waals surface area contributed by atoms with Gasteiger partial charge in [-0.25, -0.2) is 0 Å². The second kappa shape index (κ2) is 10.9. The van der Waals surface area contributed by atoms with E-state index in [1.807, 2.05) is 6.07 Å². The molecule has 2 rings (SSSR count). The summed E-state index contributed by atoms with van der Waals surface area (Å²) in [6, 6.07) is 6.59. The molecule has 1 saturated heterocycles. The van der Waals surface area contributed by atoms with Crippen LogP contribution in [0.5, 0.6) is 5.75 Å². The Kier molecular flexibility index (Phi) is 9.66. The van der Waals surface area contributed by atoms with E-state index in [9.17, 15) is 4.79 Å². The summed E-state index contributed by atoms with van der Waals surface area (Å²) in [5.41, 5.74) is 6.67. The van der Waals surface area contributed by atoms with E-state index in [1.165, 1.54) is 18.4 Å². The van der Waals surface area contributed by atoms with Crippen molar-refractivity contribution in [1.29, 1.82) is 0 Å². The Balaban J connectivity index is 0.00000288. The fourth-order valence-corrected chi connectivity index (χ4v) is 3.58. The van der Waals surface area contributed by atoms with Crippen LogP contribution in [0.15, 0.2) is 22.7 Å². The third kappa shape index (κ3) is 6.24. The number of amides is 1. The van der Waals surface area contributed by atoms with Gasteiger partial charge in [-0.3, -0.25) is 9.69 Å². The zero-order chi connectivity index (χ0) is 16.7. The number of nitrogens with two attached hydrogens (primary N) is 1. The first-order valence-electron chi connectivity index (χ1n) is 8.17. The fraction of sp³-hybridized carbons (Fsp3) is 0.588. The molecule has 136 valence electrons. The molecule has 24 heavy (non-hydrogen) atoms. The maximum Gasteiger partial charge on any atom is 0.221 e. The zero-order valence-corrected chi connectivity index (χ0v) is 16.5. The van der Waals surface area contributed by atoms with E-state index in [0.717, 1.165) is 29.7 Å². The number of benzene rings is 1. The topological polar surface area (TPSA) is 67.6 Å². The van der Waals surface area contributed by atoms with Crippen LogP contribution in [-0.4, -0.2) is 43.6 Å². The lowest BCUT2D eigenvalue weighted by Gasteiger charge is -2.36. The van der Waals surface area contributed by atoms with Crippen LogP contribution in [0.3, 0.4) is 0 Å². The van der Waals surface area contributed by atoms with Crippen molar-refractivity contribution in [3.05, 3.63) is 28.2 Å². The molecule has 1 heterocycles. The lowest BCUT2D eigenvalue weighted by atomic mass is 10.0. The summed E-state index contributed by atoms with van der Waals surface area (Å²) >= 11 is 3.54. The molecule has 0 aliphatic carbocycles. The third-order valence-corrected chi connectivity index (χ3v) is 4.88. The molecule has 1 fully saturated rings. The highest BCUT2D eigenvalue weighted by Gasteiger charge is 2.23. The Morgan fingerprint density at radius 2 is 2.25 bits per heavy atom. The number of nitrogens with zero attached hydrogens (tertiary/aromatic N) is 1. The first-order chi connectivity index (χ1) is 11.1. The molecule has 3 N–H and O–H groups in total. The van der Waals surface area contributed by atoms with E-state index in [2.05, 4.69) is 38.3 Å². The average Bonchev–Trinajstić information content (AvgIpc) is 2.54. The largest absolute Gasteiger partial charge is 0.496 e. The number of likely N-dealkylation sites (tertiary alicyclic amines) is 1. The fourth-order valence-electron chi connectivity index (χ4n) is 2.99. The van der Waals surface area contributed by atoms with Crippen LogP contribution in [0.4, 0.5) is 0 Å². The lowest BCUT2D eigenvalue weighted by molar-refractivity contribution is -0.121. The van der Waals surface area contributed by atoms with Gasteiger partial charge in [-0.1, -0.05) is 12.5 Å². The van der Waals surface area contributed by atoms with Gasteiger partial charge >= 0.3 is 0 Å². The summed E-state index contributed by atoms with van der Waals surface area (Å²) in [4.78, 5) is 14.1. The van der Waals surface area contributed by atoms with Crippen molar-refractivity contribution in [3.8, 4) is 5.75 Å². The Bertz CT molecular complexity index is 531. The predicted molar refractivity (Wildman–Crippen MR) is 103 cm³/mol. The van der Waals surface area contributed by atoms with Gasteiger partial charge < -0.3 is 15.8 Å². The van der Waals surface area contributed by atoms with E-state index in [-0.39, 0.29) is 18.3 Å². The molecule has 1 aromatic rings. The minimum Gasteiger partial charge on any atom is -0.496 e. The van der Waals surface area contributed by atoms with Crippen LogP contribution in [0.25, 0.3) is 0 Å². The van der Waals surface area contributed by atoms with Gasteiger partial charge in [-0.2, -0.15) is 0 Å². The minimum absolute atomic E-state index is 0. The molecule has 5 nitrogen and oxygen atoms in total. The maximum absolute atomic E-state index is 11.6. The van der Waals surface area contributed by atoms with Crippen molar-refractivity contribution in [3.63, 3.8) is 0 Å². The highest BCUT2D eigenvalue weighted by atomic mass is 79.9. The van der Waals surface area contributed by atoms with Gasteiger partial charge in [-0.05, 0) is 53.0 Å². The summed E-state index contributed by atoms with van der Waals surface area (Å²) in [6.45, 7) is 3.07. The Labute approximate surface area is 158 Å². The van der Waals surface area contributed by atoms with Gasteiger partial charge in [0.25, 0.3) is 0 Å². The maximum atomic E-state index is 11.6. The Hall–Kier alpha value is -0.820. The third-order valence-electron chi connectivity index (χ3n) is 4.26. The monoisotopic (exact) mass is 419 g/mol. The molecule has 1 aliphatic heterocycles. The van der Waals surface area contributed by atoms with Crippen molar-refractivity contribution in [2.24, 2.45) is 5.73 Å². The first kappa shape index (κ1) is 21.2. The number of nitrogens with one attached hydrogen (secondary N) is 1. The number of hydrogen-bond acceptors (Lipinski definition) is 4. The number of carbonyl (C=O) groups excluding carboxylic acids is 1. The van der Waals surface area contributed by atoms with Crippen LogP contribution in [0.2, 0.25) is 0 Å². The molecule has 0 radical (unpaired) electrons. The van der Waals surface area contributed by atoms with E-state index >= 15 is 0 Å². The van der Waals surface area contributed by atoms with Crippen molar-refractivity contribution >= 4 is 34.2 Å². The standard InChI is InChI=1S/C17H26BrN3O2.ClH/c1-23-16-6-5-13(10-15(16)18)12-21-9-3-2-4-14(21)11-20-17(22)7-8-19;/h5-6,10,14H,2-4,7-9,11-12,19H2,1H3,(H,20,22);1H. The van der Waals surface area contributed by atoms with Gasteiger partial charge in [0.2, 0.25) is 5.91 Å². The second-order valence-electron chi connectivity index (χ2n) is 5.93. The predicted octanol–water partition coefficient (Wildman–Crippen LogP) is 2.70. The molecule has 0 bridgehead atoms. The molecule has 0 saturated carbocycles. The SMILES string of the molecule is COc1ccc(CN2CCCCC2CNC(=O)CCN)cc1Br.Cl. The van der Waals surface area contributed by atoms with Crippen LogP contribution in [0.1, 0.15) is 31.2 Å². The number of ether oxygens (including phenoxy) is 1. The number of methoxy groups -OCH3 is 1. The Morgan fingerprint density at radius 1 is 1.46 bits per heavy atom. The molecular weight excluding hydrogens is 394 g/mol. The van der Waals surface area contributed by atoms with E-state index in [4.69, 9.17) is 10.5 Å². The highest BCUT2D eigenvalue weighted by molar-refractivity contribution is 9.10. The van der Waals surface area contributed by atoms with Crippen molar-refractivity contribution < 1.29 is 9.53 Å². The molecule has 1 unspecified atom stereocenters. The number of halogens is 2. The van der Waals surface area contributed by atoms with Crippen molar-refractivity contribution in [1.82, 2.24) is 10.2 Å². The first-order valence-corrected chi connectivity index (χ1v) is 8.96. The minimum atomic E-state index is 0. The molecular formula is C17H27BrClN3O2. The van der Waals surface area contributed by atoms with Gasteiger partial charge in [0.15, 0.2) is 0 Å². The van der Waals surface area contributed by atoms with E-state index in [1.54, 1.807) is 7.11 Å². The van der Waals surface area contributed by atoms with Crippen molar-refractivity contribution in [2.45, 2.75) is 38.3 Å². The van der Waals surface area contributed by atoms with Crippen LogP contribution < -0.4 is 15.8 Å². The van der Waals surface area contributed by atoms with Gasteiger partial charge in [0.05, 0.1) is 11.6 Å². The van der Waals surface area contributed by atoms with Crippen LogP contribution in [-0.2, 0) is 11.3 Å². The number of rotatable bonds is 7. The summed E-state index contributed by atoms with van der Waals surface area (Å²) in [7, 11) is 1.67. The lowest BCUT2D eigenvalue weighted by Crippen LogP contribution is -2.46. The number of piperidine rings is 1. The summed E-state index contributed by atoms with van der Waals surface area (Å²) in [5.74, 6) is 0.892. The smallest absolute Gasteiger partial charge is 0.221 e. The quantitative estimate of drug-likeness (QED) is 0.712. The molecule has 0 aromatic heterocycles. The van der Waals surface area contributed by atoms with E-state index < -0.39 is 0 Å². The molecule has 7 heteroatoms.